The van der Waals surface area contributed by atoms with E-state index >= 15 is 0 Å². The Labute approximate surface area is 196 Å². The van der Waals surface area contributed by atoms with Crippen molar-refractivity contribution in [2.45, 2.75) is 25.1 Å². The largest absolute Gasteiger partial charge is 0.491 e. The molecule has 2 N–H and O–H groups in total. The summed E-state index contributed by atoms with van der Waals surface area (Å²) in [5.74, 6) is -1.50. The zero-order valence-electron chi connectivity index (χ0n) is 18.2. The van der Waals surface area contributed by atoms with Crippen molar-refractivity contribution in [2.24, 2.45) is 0 Å². The molecule has 1 aromatic rings. The van der Waals surface area contributed by atoms with Crippen molar-refractivity contribution in [3.63, 3.8) is 0 Å². The highest BCUT2D eigenvalue weighted by Gasteiger charge is 2.48. The van der Waals surface area contributed by atoms with Crippen LogP contribution in [0.25, 0.3) is 0 Å². The number of benzene rings is 1. The lowest BCUT2D eigenvalue weighted by molar-refractivity contribution is -0.189. The molecule has 4 amide bonds. The molecule has 3 aliphatic heterocycles. The summed E-state index contributed by atoms with van der Waals surface area (Å²) in [7, 11) is 0. The molecule has 4 rings (SSSR count). The molecular weight excluding hydrogens is 473 g/mol. The van der Waals surface area contributed by atoms with Crippen LogP contribution in [0.2, 0.25) is 0 Å². The van der Waals surface area contributed by atoms with Crippen LogP contribution in [0, 0.1) is 11.8 Å². The molecule has 2 fully saturated rings. The van der Waals surface area contributed by atoms with Crippen molar-refractivity contribution in [1.29, 1.82) is 0 Å². The van der Waals surface area contributed by atoms with E-state index in [0.29, 0.717) is 18.0 Å². The second kappa shape index (κ2) is 9.47. The van der Waals surface area contributed by atoms with Crippen LogP contribution in [0.1, 0.15) is 39.1 Å². The van der Waals surface area contributed by atoms with Gasteiger partial charge in [-0.25, -0.2) is 4.79 Å². The fourth-order valence-corrected chi connectivity index (χ4v) is 4.00. The Hall–Kier alpha value is -3.76. The van der Waals surface area contributed by atoms with Gasteiger partial charge in [0.1, 0.15) is 6.04 Å². The predicted molar refractivity (Wildman–Crippen MR) is 111 cm³/mol. The minimum absolute atomic E-state index is 0.136. The maximum Gasteiger partial charge on any atom is 0.491 e. The van der Waals surface area contributed by atoms with Crippen molar-refractivity contribution < 1.29 is 41.9 Å². The van der Waals surface area contributed by atoms with E-state index in [2.05, 4.69) is 21.9 Å². The molecular formula is C22H19F3N4O6. The Morgan fingerprint density at radius 2 is 1.83 bits per heavy atom. The van der Waals surface area contributed by atoms with Crippen LogP contribution in [0.3, 0.4) is 0 Å². The summed E-state index contributed by atoms with van der Waals surface area (Å²) >= 11 is 0. The number of halogens is 3. The molecule has 1 unspecified atom stereocenters. The Bertz CT molecular complexity index is 1180. The first-order chi connectivity index (χ1) is 16.6. The lowest BCUT2D eigenvalue weighted by Gasteiger charge is -2.27. The van der Waals surface area contributed by atoms with Gasteiger partial charge in [-0.3, -0.25) is 34.3 Å². The molecule has 35 heavy (non-hydrogen) atoms. The van der Waals surface area contributed by atoms with E-state index in [-0.39, 0.29) is 30.5 Å². The van der Waals surface area contributed by atoms with Gasteiger partial charge in [-0.1, -0.05) is 11.8 Å². The van der Waals surface area contributed by atoms with Gasteiger partial charge < -0.3 is 10.1 Å². The number of imide groups is 2. The second-order valence-corrected chi connectivity index (χ2v) is 8.03. The van der Waals surface area contributed by atoms with Crippen LogP contribution in [0.15, 0.2) is 12.1 Å². The summed E-state index contributed by atoms with van der Waals surface area (Å²) in [5, 5.41) is 5.19. The first-order valence-electron chi connectivity index (χ1n) is 10.7. The smallest absolute Gasteiger partial charge is 0.418 e. The number of rotatable bonds is 3. The molecule has 0 bridgehead atoms. The number of piperidine rings is 1. The van der Waals surface area contributed by atoms with Gasteiger partial charge in [0.25, 0.3) is 11.8 Å². The molecule has 184 valence electrons. The Morgan fingerprint density at radius 1 is 1.11 bits per heavy atom. The number of alkyl halides is 3. The average molecular weight is 492 g/mol. The van der Waals surface area contributed by atoms with E-state index in [9.17, 15) is 37.1 Å². The first kappa shape index (κ1) is 24.4. The molecule has 0 aliphatic carbocycles. The van der Waals surface area contributed by atoms with Crippen LogP contribution < -0.4 is 15.4 Å². The maximum absolute atomic E-state index is 13.2. The molecule has 3 heterocycles. The Kier molecular flexibility index (Phi) is 6.60. The van der Waals surface area contributed by atoms with E-state index in [4.69, 9.17) is 0 Å². The van der Waals surface area contributed by atoms with Gasteiger partial charge >= 0.3 is 12.1 Å². The van der Waals surface area contributed by atoms with E-state index in [1.165, 1.54) is 12.1 Å². The number of ether oxygens (including phenoxy) is 1. The fraction of sp³-hybridized carbons (Fsp3) is 0.409. The van der Waals surface area contributed by atoms with Gasteiger partial charge in [0.2, 0.25) is 11.8 Å². The summed E-state index contributed by atoms with van der Waals surface area (Å²) < 4.78 is 43.5. The van der Waals surface area contributed by atoms with Crippen LogP contribution in [-0.4, -0.2) is 84.3 Å². The number of hydrogen-bond acceptors (Lipinski definition) is 8. The highest BCUT2D eigenvalue weighted by molar-refractivity contribution is 6.25. The summed E-state index contributed by atoms with van der Waals surface area (Å²) in [6.07, 6.45) is -5.66. The van der Waals surface area contributed by atoms with Gasteiger partial charge in [0.05, 0.1) is 23.2 Å². The van der Waals surface area contributed by atoms with Crippen LogP contribution in [-0.2, 0) is 14.4 Å². The van der Waals surface area contributed by atoms with E-state index < -0.39 is 53.1 Å². The zero-order valence-corrected chi connectivity index (χ0v) is 18.2. The molecule has 0 aromatic heterocycles. The molecule has 3 aliphatic rings. The Balaban J connectivity index is 1.71. The lowest BCUT2D eigenvalue weighted by Crippen LogP contribution is -2.54. The summed E-state index contributed by atoms with van der Waals surface area (Å²) in [4.78, 5) is 64.0. The van der Waals surface area contributed by atoms with Crippen molar-refractivity contribution in [1.82, 2.24) is 20.4 Å². The van der Waals surface area contributed by atoms with Gasteiger partial charge in [-0.2, -0.15) is 13.2 Å². The quantitative estimate of drug-likeness (QED) is 0.258. The maximum atomic E-state index is 13.2. The SMILES string of the molecule is O=C1CCC(N2C(=O)c3ccc(C#CCN4CCNCC4)c(OC(=O)C(F)(F)F)c3C2=O)C(=O)N1. The minimum Gasteiger partial charge on any atom is -0.418 e. The second-order valence-electron chi connectivity index (χ2n) is 8.03. The lowest BCUT2D eigenvalue weighted by atomic mass is 10.0. The number of piperazine rings is 1. The fourth-order valence-electron chi connectivity index (χ4n) is 4.00. The number of nitrogens with zero attached hydrogens (tertiary/aromatic N) is 2. The van der Waals surface area contributed by atoms with Gasteiger partial charge in [-0.05, 0) is 18.6 Å². The van der Waals surface area contributed by atoms with Crippen LogP contribution in [0.5, 0.6) is 5.75 Å². The Morgan fingerprint density at radius 3 is 2.49 bits per heavy atom. The number of fused-ring (bicyclic) bond motifs is 1. The number of carbonyl (C=O) groups excluding carboxylic acids is 5. The highest BCUT2D eigenvalue weighted by Crippen LogP contribution is 2.37. The number of amides is 4. The van der Waals surface area contributed by atoms with E-state index in [1.807, 2.05) is 10.2 Å². The molecule has 2 saturated heterocycles. The molecule has 10 nitrogen and oxygen atoms in total. The predicted octanol–water partition coefficient (Wildman–Crippen LogP) is -0.188. The molecule has 0 radical (unpaired) electrons. The van der Waals surface area contributed by atoms with Crippen LogP contribution >= 0.6 is 0 Å². The number of carbonyl (C=O) groups is 5. The molecule has 0 saturated carbocycles. The third-order valence-corrected chi connectivity index (χ3v) is 5.72. The van der Waals surface area contributed by atoms with Gasteiger partial charge in [0, 0.05) is 32.6 Å². The number of nitrogens with one attached hydrogen (secondary N) is 2. The molecule has 13 heteroatoms. The van der Waals surface area contributed by atoms with Crippen molar-refractivity contribution in [3.8, 4) is 17.6 Å². The van der Waals surface area contributed by atoms with Gasteiger partial charge in [-0.15, -0.1) is 0 Å². The normalized spacial score (nSPS) is 20.8. The minimum atomic E-state index is -5.37. The van der Waals surface area contributed by atoms with Crippen molar-refractivity contribution in [2.75, 3.05) is 32.7 Å². The summed E-state index contributed by atoms with van der Waals surface area (Å²) in [6.45, 7) is 3.20. The highest BCUT2D eigenvalue weighted by atomic mass is 19.4. The molecule has 1 aromatic carbocycles. The van der Waals surface area contributed by atoms with Crippen molar-refractivity contribution >= 4 is 29.6 Å². The summed E-state index contributed by atoms with van der Waals surface area (Å²) in [6, 6.07) is 1.02. The van der Waals surface area contributed by atoms with Crippen LogP contribution in [0.4, 0.5) is 13.2 Å². The third kappa shape index (κ3) is 4.89. The topological polar surface area (TPSA) is 125 Å². The van der Waals surface area contributed by atoms with Gasteiger partial charge in [0.15, 0.2) is 5.75 Å². The molecule has 0 spiro atoms. The number of hydrogen-bond donors (Lipinski definition) is 2. The first-order valence-corrected chi connectivity index (χ1v) is 10.7. The monoisotopic (exact) mass is 492 g/mol. The third-order valence-electron chi connectivity index (χ3n) is 5.72. The van der Waals surface area contributed by atoms with E-state index in [1.54, 1.807) is 0 Å². The molecule has 1 atom stereocenters. The van der Waals surface area contributed by atoms with E-state index in [0.717, 1.165) is 13.1 Å². The summed E-state index contributed by atoms with van der Waals surface area (Å²) in [5.41, 5.74) is -1.12. The number of esters is 1. The zero-order chi connectivity index (χ0) is 25.3. The average Bonchev–Trinajstić information content (AvgIpc) is 3.05. The van der Waals surface area contributed by atoms with Crippen molar-refractivity contribution in [3.05, 3.63) is 28.8 Å². The standard InChI is InChI=1S/C22H19F3N4O6/c23-22(24,25)21(34)35-17-12(2-1-9-28-10-7-26-8-11-28)3-4-13-16(17)20(33)29(19(13)32)14-5-6-15(30)27-18(14)31/h3-4,14,26H,5-11H2,(H,27,30,31).